The number of carboxylic acid groups (broad SMARTS) is 2. The lowest BCUT2D eigenvalue weighted by Gasteiger charge is -2.70. The number of carbonyl (C=O) groups excluding carboxylic acids is 1. The van der Waals surface area contributed by atoms with Gasteiger partial charge in [-0.3, -0.25) is 4.79 Å². The van der Waals surface area contributed by atoms with Gasteiger partial charge in [-0.25, -0.2) is 9.59 Å². The summed E-state index contributed by atoms with van der Waals surface area (Å²) in [6, 6.07) is 0. The van der Waals surface area contributed by atoms with Crippen molar-refractivity contribution in [3.8, 4) is 0 Å². The standard InChI is InChI=1S/C42H64O14/c1-37(2)13-14-39(5)15-16-41(7)19(20(39)18-37)17-21(43)32-40(6)11-10-23(38(3,4)22(40)9-12-42(32,41)8)53-36-31(27(47)26(46)30(55-36)34(51)52)56-35-28(48)24(44)25(45)29(54-35)33(49)50/h17,20,22-32,35-36,44-48H,9-16,18H2,1-8H3,(H,49,50)(H,51,52)/t20-,22+,23+,24-,25+,26+,27-,28?,29?,30?,31?,32-,35+,36+,39-,40+,41-,42-/m1/s1. The fourth-order valence-corrected chi connectivity index (χ4v) is 13.3. The molecular weight excluding hydrogens is 728 g/mol. The molecule has 4 saturated carbocycles. The topological polar surface area (TPSA) is 230 Å². The highest BCUT2D eigenvalue weighted by Gasteiger charge is 2.70. The van der Waals surface area contributed by atoms with E-state index in [1.54, 1.807) is 0 Å². The summed E-state index contributed by atoms with van der Waals surface area (Å²) in [5.41, 5.74) is 0.340. The van der Waals surface area contributed by atoms with Crippen LogP contribution in [0.1, 0.15) is 113 Å². The third kappa shape index (κ3) is 6.17. The molecule has 14 heteroatoms. The second kappa shape index (κ2) is 13.8. The van der Waals surface area contributed by atoms with Crippen molar-refractivity contribution in [2.45, 2.75) is 181 Å². The minimum Gasteiger partial charge on any atom is -0.479 e. The van der Waals surface area contributed by atoms with E-state index in [2.05, 4.69) is 61.5 Å². The number of aliphatic carboxylic acids is 2. The van der Waals surface area contributed by atoms with Crippen molar-refractivity contribution in [1.82, 2.24) is 0 Å². The van der Waals surface area contributed by atoms with E-state index < -0.39 is 90.3 Å². The number of aliphatic hydroxyl groups is 5. The fraction of sp³-hybridized carbons (Fsp3) is 0.881. The molecule has 0 aromatic rings. The van der Waals surface area contributed by atoms with Gasteiger partial charge in [-0.1, -0.05) is 61.0 Å². The van der Waals surface area contributed by atoms with Crippen LogP contribution in [-0.2, 0) is 33.3 Å². The molecule has 0 aromatic carbocycles. The van der Waals surface area contributed by atoms with Crippen LogP contribution >= 0.6 is 0 Å². The van der Waals surface area contributed by atoms with E-state index >= 15 is 0 Å². The maximum atomic E-state index is 14.8. The van der Waals surface area contributed by atoms with Crippen LogP contribution in [0.3, 0.4) is 0 Å². The number of hydrogen-bond donors (Lipinski definition) is 7. The summed E-state index contributed by atoms with van der Waals surface area (Å²) in [5, 5.41) is 72.8. The number of ketones is 1. The van der Waals surface area contributed by atoms with Crippen molar-refractivity contribution in [3.63, 3.8) is 0 Å². The van der Waals surface area contributed by atoms with E-state index in [-0.39, 0.29) is 39.3 Å². The molecule has 0 amide bonds. The van der Waals surface area contributed by atoms with Crippen molar-refractivity contribution in [2.75, 3.05) is 0 Å². The second-order valence-electron chi connectivity index (χ2n) is 20.9. The van der Waals surface area contributed by atoms with Crippen LogP contribution in [0.5, 0.6) is 0 Å². The van der Waals surface area contributed by atoms with Gasteiger partial charge in [-0.05, 0) is 108 Å². The lowest BCUT2D eigenvalue weighted by atomic mass is 9.33. The average molecular weight is 793 g/mol. The lowest BCUT2D eigenvalue weighted by molar-refractivity contribution is -0.371. The van der Waals surface area contributed by atoms with Gasteiger partial charge < -0.3 is 54.7 Å². The quantitative estimate of drug-likeness (QED) is 0.192. The Labute approximate surface area is 328 Å². The van der Waals surface area contributed by atoms with Crippen LogP contribution in [0.25, 0.3) is 0 Å². The molecule has 6 fully saturated rings. The van der Waals surface area contributed by atoms with Crippen molar-refractivity contribution in [3.05, 3.63) is 11.6 Å². The van der Waals surface area contributed by atoms with Crippen molar-refractivity contribution < 1.29 is 69.1 Å². The average Bonchev–Trinajstić information content (AvgIpc) is 3.10. The van der Waals surface area contributed by atoms with Gasteiger partial charge in [-0.2, -0.15) is 0 Å². The Morgan fingerprint density at radius 3 is 1.91 bits per heavy atom. The molecule has 7 rings (SSSR count). The SMILES string of the molecule is CC1(C)CC[C@]2(C)CC[C@]3(C)C(=CC(=O)[C@@H]4[C@@]5(C)CC[C@H](O[C@H]6OC(C(=O)O)[C@@H](O)[C@@H](O)C6O[C@@H]6OC(C(=O)O)[C@@H](O)[C@@H](O)C6O)C(C)(C)[C@@H]5CC[C@]43C)[C@H]2C1. The normalized spacial score (nSPS) is 52.4. The highest BCUT2D eigenvalue weighted by Crippen LogP contribution is 2.75. The number of rotatable bonds is 6. The summed E-state index contributed by atoms with van der Waals surface area (Å²) in [7, 11) is 0. The Balaban J connectivity index is 1.17. The van der Waals surface area contributed by atoms with E-state index in [0.717, 1.165) is 32.1 Å². The molecule has 0 aromatic heterocycles. The van der Waals surface area contributed by atoms with Crippen LogP contribution in [0.2, 0.25) is 0 Å². The van der Waals surface area contributed by atoms with Crippen molar-refractivity contribution >= 4 is 17.7 Å². The molecule has 2 aliphatic heterocycles. The van der Waals surface area contributed by atoms with Gasteiger partial charge in [-0.15, -0.1) is 0 Å². The zero-order valence-electron chi connectivity index (χ0n) is 34.0. The van der Waals surface area contributed by atoms with E-state index in [1.807, 2.05) is 0 Å². The minimum atomic E-state index is -2.02. The molecule has 7 aliphatic rings. The highest BCUT2D eigenvalue weighted by atomic mass is 16.8. The number of ether oxygens (including phenoxy) is 4. The zero-order chi connectivity index (χ0) is 41.3. The molecule has 14 nitrogen and oxygen atoms in total. The summed E-state index contributed by atoms with van der Waals surface area (Å²) < 4.78 is 23.5. The fourth-order valence-electron chi connectivity index (χ4n) is 13.3. The Morgan fingerprint density at radius 1 is 0.696 bits per heavy atom. The van der Waals surface area contributed by atoms with Crippen molar-refractivity contribution in [2.24, 2.45) is 50.2 Å². The van der Waals surface area contributed by atoms with Gasteiger partial charge in [0.2, 0.25) is 0 Å². The molecule has 0 spiro atoms. The van der Waals surface area contributed by atoms with Crippen LogP contribution in [0.15, 0.2) is 11.6 Å². The molecule has 56 heavy (non-hydrogen) atoms. The molecule has 7 N–H and O–H groups in total. The zero-order valence-corrected chi connectivity index (χ0v) is 34.0. The van der Waals surface area contributed by atoms with Gasteiger partial charge >= 0.3 is 11.9 Å². The monoisotopic (exact) mass is 792 g/mol. The number of aliphatic hydroxyl groups excluding tert-OH is 5. The summed E-state index contributed by atoms with van der Waals surface area (Å²) in [4.78, 5) is 38.8. The van der Waals surface area contributed by atoms with E-state index in [1.165, 1.54) is 18.4 Å². The summed E-state index contributed by atoms with van der Waals surface area (Å²) in [6.45, 7) is 18.3. The predicted molar refractivity (Wildman–Crippen MR) is 197 cm³/mol. The molecule has 5 aliphatic carbocycles. The molecular formula is C42H64O14. The van der Waals surface area contributed by atoms with Crippen molar-refractivity contribution in [1.29, 1.82) is 0 Å². The van der Waals surface area contributed by atoms with Gasteiger partial charge in [0.05, 0.1) is 6.10 Å². The Morgan fingerprint density at radius 2 is 1.29 bits per heavy atom. The largest absolute Gasteiger partial charge is 0.479 e. The number of fused-ring (bicyclic) bond motifs is 7. The van der Waals surface area contributed by atoms with Crippen LogP contribution in [-0.4, -0.2) is 121 Å². The van der Waals surface area contributed by atoms with E-state index in [4.69, 9.17) is 18.9 Å². The Kier molecular flexibility index (Phi) is 10.4. The van der Waals surface area contributed by atoms with Gasteiger partial charge in [0, 0.05) is 5.92 Å². The maximum absolute atomic E-state index is 14.8. The third-order valence-electron chi connectivity index (χ3n) is 16.9. The number of carboxylic acids is 2. The molecule has 4 unspecified atom stereocenters. The maximum Gasteiger partial charge on any atom is 0.335 e. The first-order valence-electron chi connectivity index (χ1n) is 20.6. The van der Waals surface area contributed by atoms with Gasteiger partial charge in [0.1, 0.15) is 36.6 Å². The smallest absolute Gasteiger partial charge is 0.335 e. The molecule has 18 atom stereocenters. The molecule has 2 heterocycles. The van der Waals surface area contributed by atoms with Crippen LogP contribution < -0.4 is 0 Å². The predicted octanol–water partition coefficient (Wildman–Crippen LogP) is 3.18. The summed E-state index contributed by atoms with van der Waals surface area (Å²) >= 11 is 0. The first-order chi connectivity index (χ1) is 25.8. The Hall–Kier alpha value is -2.01. The highest BCUT2D eigenvalue weighted by molar-refractivity contribution is 5.95. The number of hydrogen-bond acceptors (Lipinski definition) is 12. The second-order valence-corrected chi connectivity index (χ2v) is 20.9. The summed E-state index contributed by atoms with van der Waals surface area (Å²) in [6.07, 6.45) is -9.44. The molecule has 316 valence electrons. The van der Waals surface area contributed by atoms with Gasteiger partial charge in [0.15, 0.2) is 30.6 Å². The summed E-state index contributed by atoms with van der Waals surface area (Å²) in [5.74, 6) is -2.88. The first kappa shape index (κ1) is 42.1. The number of allylic oxidation sites excluding steroid dienone is 2. The van der Waals surface area contributed by atoms with Crippen LogP contribution in [0, 0.1) is 50.2 Å². The minimum absolute atomic E-state index is 0.0120. The van der Waals surface area contributed by atoms with E-state index in [9.17, 15) is 50.1 Å². The van der Waals surface area contributed by atoms with Crippen LogP contribution in [0.4, 0.5) is 0 Å². The number of carbonyl (C=O) groups is 3. The molecule has 0 bridgehead atoms. The lowest BCUT2D eigenvalue weighted by Crippen LogP contribution is -2.68. The molecule has 2 saturated heterocycles. The molecule has 0 radical (unpaired) electrons. The first-order valence-corrected chi connectivity index (χ1v) is 20.6. The third-order valence-corrected chi connectivity index (χ3v) is 16.9. The van der Waals surface area contributed by atoms with E-state index in [0.29, 0.717) is 18.8 Å². The van der Waals surface area contributed by atoms with Gasteiger partial charge in [0.25, 0.3) is 0 Å². The Bertz CT molecular complexity index is 1630.